The Morgan fingerprint density at radius 2 is 1.55 bits per heavy atom. The van der Waals surface area contributed by atoms with Crippen molar-refractivity contribution in [3.8, 4) is 0 Å². The van der Waals surface area contributed by atoms with E-state index >= 15 is 0 Å². The number of ether oxygens (including phenoxy) is 1. The van der Waals surface area contributed by atoms with Gasteiger partial charge in [-0.1, -0.05) is 53.9 Å². The number of hydrogen-bond acceptors (Lipinski definition) is 3. The maximum absolute atomic E-state index is 10.2. The lowest BCUT2D eigenvalue weighted by Gasteiger charge is -2.24. The predicted molar refractivity (Wildman–Crippen MR) is 83.6 cm³/mol. The predicted octanol–water partition coefficient (Wildman–Crippen LogP) is 4.32. The molecular formula is C17H34O3. The Kier molecular flexibility index (Phi) is 9.11. The molecule has 0 radical (unpaired) electrons. The van der Waals surface area contributed by atoms with Crippen LogP contribution in [0.4, 0.5) is 0 Å². The van der Waals surface area contributed by atoms with E-state index in [1.165, 1.54) is 12.8 Å². The van der Waals surface area contributed by atoms with Gasteiger partial charge in [0.1, 0.15) is 0 Å². The second-order valence-electron chi connectivity index (χ2n) is 7.53. The monoisotopic (exact) mass is 286 g/mol. The highest BCUT2D eigenvalue weighted by atomic mass is 16.5. The average Bonchev–Trinajstić information content (AvgIpc) is 2.36. The number of hydrogen-bond donors (Lipinski definition) is 1. The van der Waals surface area contributed by atoms with Crippen LogP contribution in [-0.4, -0.2) is 24.3 Å². The summed E-state index contributed by atoms with van der Waals surface area (Å²) < 4.78 is 4.83. The molecule has 0 aromatic carbocycles. The van der Waals surface area contributed by atoms with Gasteiger partial charge in [-0.2, -0.15) is 0 Å². The second kappa shape index (κ2) is 9.38. The first-order chi connectivity index (χ1) is 9.22. The molecule has 120 valence electrons. The third-order valence-corrected chi connectivity index (χ3v) is 4.28. The highest BCUT2D eigenvalue weighted by Crippen LogP contribution is 2.28. The van der Waals surface area contributed by atoms with E-state index in [-0.39, 0.29) is 11.5 Å². The molecule has 0 heterocycles. The third kappa shape index (κ3) is 10.2. The molecule has 1 unspecified atom stereocenters. The number of carbonyl (C=O) groups is 1. The Morgan fingerprint density at radius 3 is 2.00 bits per heavy atom. The van der Waals surface area contributed by atoms with Crippen molar-refractivity contribution >= 4 is 6.47 Å². The molecule has 0 aliphatic carbocycles. The van der Waals surface area contributed by atoms with Gasteiger partial charge in [-0.15, -0.1) is 0 Å². The molecule has 0 aliphatic heterocycles. The van der Waals surface area contributed by atoms with E-state index in [0.29, 0.717) is 18.5 Å². The summed E-state index contributed by atoms with van der Waals surface area (Å²) in [6.45, 7) is 11.9. The maximum atomic E-state index is 10.2. The average molecular weight is 286 g/mol. The Hall–Kier alpha value is -0.570. The molecule has 0 aliphatic rings. The Labute approximate surface area is 125 Å². The highest BCUT2D eigenvalue weighted by Gasteiger charge is 2.19. The van der Waals surface area contributed by atoms with Gasteiger partial charge in [0.15, 0.2) is 0 Å². The lowest BCUT2D eigenvalue weighted by atomic mass is 9.83. The van der Waals surface area contributed by atoms with Crippen LogP contribution in [0.5, 0.6) is 0 Å². The number of aliphatic hydroxyl groups is 1. The van der Waals surface area contributed by atoms with Gasteiger partial charge >= 0.3 is 0 Å². The molecule has 0 aromatic heterocycles. The molecule has 0 spiro atoms. The van der Waals surface area contributed by atoms with Crippen molar-refractivity contribution in [3.63, 3.8) is 0 Å². The number of aliphatic hydroxyl groups excluding tert-OH is 1. The largest absolute Gasteiger partial charge is 0.467 e. The van der Waals surface area contributed by atoms with Crippen molar-refractivity contribution in [2.45, 2.75) is 85.7 Å². The number of carbonyl (C=O) groups excluding carboxylic acids is 1. The zero-order valence-electron chi connectivity index (χ0n) is 14.1. The van der Waals surface area contributed by atoms with E-state index in [1.54, 1.807) is 0 Å². The van der Waals surface area contributed by atoms with Crippen LogP contribution in [-0.2, 0) is 9.53 Å². The lowest BCUT2D eigenvalue weighted by molar-refractivity contribution is -0.131. The molecular weight excluding hydrogens is 252 g/mol. The molecule has 0 saturated carbocycles. The summed E-state index contributed by atoms with van der Waals surface area (Å²) in [7, 11) is 0. The quantitative estimate of drug-likeness (QED) is 0.543. The van der Waals surface area contributed by atoms with Crippen LogP contribution in [0.1, 0.15) is 79.6 Å². The molecule has 0 aromatic rings. The first-order valence-electron chi connectivity index (χ1n) is 7.96. The van der Waals surface area contributed by atoms with Gasteiger partial charge in [-0.25, -0.2) is 0 Å². The minimum atomic E-state index is -0.189. The van der Waals surface area contributed by atoms with Gasteiger partial charge in [0.2, 0.25) is 0 Å². The third-order valence-electron chi connectivity index (χ3n) is 4.28. The molecule has 3 heteroatoms. The van der Waals surface area contributed by atoms with Gasteiger partial charge in [-0.3, -0.25) is 4.79 Å². The summed E-state index contributed by atoms with van der Waals surface area (Å²) >= 11 is 0. The summed E-state index contributed by atoms with van der Waals surface area (Å²) in [6.07, 6.45) is 6.97. The van der Waals surface area contributed by atoms with Crippen LogP contribution >= 0.6 is 0 Å². The second-order valence-corrected chi connectivity index (χ2v) is 7.53. The topological polar surface area (TPSA) is 46.5 Å². The summed E-state index contributed by atoms with van der Waals surface area (Å²) in [4.78, 5) is 10.2. The summed E-state index contributed by atoms with van der Waals surface area (Å²) in [6, 6.07) is 0. The van der Waals surface area contributed by atoms with E-state index in [9.17, 15) is 9.90 Å². The van der Waals surface area contributed by atoms with Crippen molar-refractivity contribution in [2.75, 3.05) is 6.61 Å². The van der Waals surface area contributed by atoms with Crippen molar-refractivity contribution in [3.05, 3.63) is 0 Å². The standard InChI is InChI=1S/C17H34O3/c1-6-16(2,3)11-7-9-15(19)10-8-12-17(4,5)13-20-14-18/h14-15,19H,6-13H2,1-5H3. The number of rotatable bonds is 12. The Balaban J connectivity index is 3.73. The fraction of sp³-hybridized carbons (Fsp3) is 0.941. The molecule has 0 fully saturated rings. The van der Waals surface area contributed by atoms with E-state index in [4.69, 9.17) is 4.74 Å². The summed E-state index contributed by atoms with van der Waals surface area (Å²) in [5.41, 5.74) is 0.401. The Morgan fingerprint density at radius 1 is 1.05 bits per heavy atom. The van der Waals surface area contributed by atoms with Gasteiger partial charge in [0.25, 0.3) is 6.47 Å². The minimum absolute atomic E-state index is 0.00479. The minimum Gasteiger partial charge on any atom is -0.467 e. The van der Waals surface area contributed by atoms with Gasteiger partial charge in [-0.05, 0) is 36.5 Å². The van der Waals surface area contributed by atoms with E-state index < -0.39 is 0 Å². The summed E-state index contributed by atoms with van der Waals surface area (Å²) in [5, 5.41) is 10.0. The van der Waals surface area contributed by atoms with Crippen molar-refractivity contribution in [2.24, 2.45) is 10.8 Å². The van der Waals surface area contributed by atoms with Crippen LogP contribution < -0.4 is 0 Å². The smallest absolute Gasteiger partial charge is 0.293 e. The van der Waals surface area contributed by atoms with Gasteiger partial charge in [0, 0.05) is 0 Å². The molecule has 1 atom stereocenters. The zero-order valence-corrected chi connectivity index (χ0v) is 14.1. The molecule has 0 bridgehead atoms. The fourth-order valence-corrected chi connectivity index (χ4v) is 2.29. The molecule has 1 N–H and O–H groups in total. The van der Waals surface area contributed by atoms with E-state index in [1.807, 2.05) is 0 Å². The molecule has 20 heavy (non-hydrogen) atoms. The molecule has 0 saturated heterocycles. The van der Waals surface area contributed by atoms with E-state index in [0.717, 1.165) is 32.1 Å². The van der Waals surface area contributed by atoms with Crippen LogP contribution in [0.15, 0.2) is 0 Å². The zero-order chi connectivity index (χ0) is 15.6. The molecule has 0 rings (SSSR count). The first kappa shape index (κ1) is 19.4. The van der Waals surface area contributed by atoms with Crippen LogP contribution in [0, 0.1) is 10.8 Å². The van der Waals surface area contributed by atoms with E-state index in [2.05, 4.69) is 34.6 Å². The highest BCUT2D eigenvalue weighted by molar-refractivity contribution is 5.36. The Bertz CT molecular complexity index is 259. The first-order valence-corrected chi connectivity index (χ1v) is 7.96. The maximum Gasteiger partial charge on any atom is 0.293 e. The van der Waals surface area contributed by atoms with Crippen molar-refractivity contribution < 1.29 is 14.6 Å². The van der Waals surface area contributed by atoms with Crippen molar-refractivity contribution in [1.82, 2.24) is 0 Å². The SMILES string of the molecule is CCC(C)(C)CCCC(O)CCCC(C)(C)COC=O. The fourth-order valence-electron chi connectivity index (χ4n) is 2.29. The summed E-state index contributed by atoms with van der Waals surface area (Å²) in [5.74, 6) is 0. The lowest BCUT2D eigenvalue weighted by Crippen LogP contribution is -2.20. The van der Waals surface area contributed by atoms with Crippen LogP contribution in [0.3, 0.4) is 0 Å². The normalized spacial score (nSPS) is 14.1. The van der Waals surface area contributed by atoms with Gasteiger partial charge < -0.3 is 9.84 Å². The molecule has 3 nitrogen and oxygen atoms in total. The van der Waals surface area contributed by atoms with Crippen molar-refractivity contribution in [1.29, 1.82) is 0 Å². The van der Waals surface area contributed by atoms with Gasteiger partial charge in [0.05, 0.1) is 12.7 Å². The van der Waals surface area contributed by atoms with Crippen LogP contribution in [0.2, 0.25) is 0 Å². The molecule has 0 amide bonds. The van der Waals surface area contributed by atoms with Crippen LogP contribution in [0.25, 0.3) is 0 Å².